The molecule has 2 rings (SSSR count). The van der Waals surface area contributed by atoms with E-state index in [-0.39, 0.29) is 0 Å². The van der Waals surface area contributed by atoms with E-state index in [9.17, 15) is 5.26 Å². The van der Waals surface area contributed by atoms with E-state index in [0.29, 0.717) is 5.02 Å². The van der Waals surface area contributed by atoms with Gasteiger partial charge < -0.3 is 5.32 Å². The molecule has 18 heavy (non-hydrogen) atoms. The lowest BCUT2D eigenvalue weighted by atomic mass is 10.1. The van der Waals surface area contributed by atoms with Gasteiger partial charge in [0.25, 0.3) is 0 Å². The van der Waals surface area contributed by atoms with E-state index < -0.39 is 6.04 Å². The van der Waals surface area contributed by atoms with E-state index in [4.69, 9.17) is 11.6 Å². The second kappa shape index (κ2) is 5.85. The molecule has 1 unspecified atom stereocenters. The molecule has 0 bridgehead atoms. The second-order valence-corrected chi connectivity index (χ2v) is 5.00. The van der Waals surface area contributed by atoms with E-state index in [1.165, 1.54) is 0 Å². The number of hydrogen-bond acceptors (Lipinski definition) is 3. The van der Waals surface area contributed by atoms with Crippen LogP contribution in [0.25, 0.3) is 0 Å². The third-order valence-electron chi connectivity index (χ3n) is 2.35. The summed E-state index contributed by atoms with van der Waals surface area (Å²) in [7, 11) is 0. The Hall–Kier alpha value is -1.57. The molecule has 0 radical (unpaired) electrons. The first-order chi connectivity index (χ1) is 8.69. The maximum Gasteiger partial charge on any atom is 0.140 e. The first kappa shape index (κ1) is 12.9. The molecule has 0 aliphatic carbocycles. The molecule has 1 heterocycles. The van der Waals surface area contributed by atoms with Crippen LogP contribution in [0.5, 0.6) is 0 Å². The summed E-state index contributed by atoms with van der Waals surface area (Å²) in [6, 6.07) is 10.8. The maximum absolute atomic E-state index is 9.20. The first-order valence-corrected chi connectivity index (χ1v) is 6.38. The molecule has 5 heteroatoms. The number of hydrogen-bond donors (Lipinski definition) is 1. The molecule has 0 saturated heterocycles. The van der Waals surface area contributed by atoms with Gasteiger partial charge in [0.05, 0.1) is 18.0 Å². The van der Waals surface area contributed by atoms with E-state index >= 15 is 0 Å². The number of halogens is 2. The van der Waals surface area contributed by atoms with Crippen molar-refractivity contribution in [3.63, 3.8) is 0 Å². The van der Waals surface area contributed by atoms with Crippen molar-refractivity contribution in [3.05, 3.63) is 57.8 Å². The highest BCUT2D eigenvalue weighted by Gasteiger charge is 2.10. The Morgan fingerprint density at radius 1 is 1.28 bits per heavy atom. The van der Waals surface area contributed by atoms with Gasteiger partial charge in [-0.05, 0) is 39.7 Å². The summed E-state index contributed by atoms with van der Waals surface area (Å²) in [6.07, 6.45) is 3.36. The largest absolute Gasteiger partial charge is 0.365 e. The molecule has 90 valence electrons. The molecular formula is C13H9BrClN3. The van der Waals surface area contributed by atoms with Crippen molar-refractivity contribution in [2.24, 2.45) is 0 Å². The van der Waals surface area contributed by atoms with Gasteiger partial charge in [0.15, 0.2) is 0 Å². The minimum Gasteiger partial charge on any atom is -0.365 e. The zero-order valence-electron chi connectivity index (χ0n) is 9.27. The fourth-order valence-corrected chi connectivity index (χ4v) is 1.99. The van der Waals surface area contributed by atoms with Crippen LogP contribution in [0.2, 0.25) is 5.02 Å². The Morgan fingerprint density at radius 2 is 2.00 bits per heavy atom. The number of rotatable bonds is 3. The van der Waals surface area contributed by atoms with Gasteiger partial charge in [-0.3, -0.25) is 4.98 Å². The van der Waals surface area contributed by atoms with Crippen molar-refractivity contribution in [1.29, 1.82) is 5.26 Å². The van der Waals surface area contributed by atoms with Gasteiger partial charge in [0, 0.05) is 15.7 Å². The fraction of sp³-hybridized carbons (Fsp3) is 0.0769. The molecule has 1 aromatic carbocycles. The van der Waals surface area contributed by atoms with Crippen molar-refractivity contribution in [2.45, 2.75) is 6.04 Å². The van der Waals surface area contributed by atoms with Crippen LogP contribution in [0.15, 0.2) is 47.2 Å². The summed E-state index contributed by atoms with van der Waals surface area (Å²) in [5.74, 6) is 0. The summed E-state index contributed by atoms with van der Waals surface area (Å²) >= 11 is 9.16. The number of benzene rings is 1. The van der Waals surface area contributed by atoms with Gasteiger partial charge >= 0.3 is 0 Å². The topological polar surface area (TPSA) is 48.7 Å². The first-order valence-electron chi connectivity index (χ1n) is 5.21. The molecule has 0 saturated carbocycles. The molecule has 0 amide bonds. The van der Waals surface area contributed by atoms with Crippen LogP contribution in [0, 0.1) is 11.3 Å². The van der Waals surface area contributed by atoms with Crippen molar-refractivity contribution < 1.29 is 0 Å². The van der Waals surface area contributed by atoms with Crippen LogP contribution in [-0.4, -0.2) is 4.98 Å². The molecule has 1 N–H and O–H groups in total. The predicted molar refractivity (Wildman–Crippen MR) is 75.4 cm³/mol. The average Bonchev–Trinajstić information content (AvgIpc) is 2.37. The van der Waals surface area contributed by atoms with Crippen LogP contribution in [0.3, 0.4) is 0 Å². The van der Waals surface area contributed by atoms with Gasteiger partial charge in [0.2, 0.25) is 0 Å². The second-order valence-electron chi connectivity index (χ2n) is 3.65. The van der Waals surface area contributed by atoms with Crippen LogP contribution >= 0.6 is 27.5 Å². The van der Waals surface area contributed by atoms with Gasteiger partial charge in [0.1, 0.15) is 6.04 Å². The van der Waals surface area contributed by atoms with Crippen LogP contribution < -0.4 is 5.32 Å². The smallest absolute Gasteiger partial charge is 0.140 e. The van der Waals surface area contributed by atoms with E-state index in [0.717, 1.165) is 15.7 Å². The van der Waals surface area contributed by atoms with Gasteiger partial charge in [-0.1, -0.05) is 23.7 Å². The summed E-state index contributed by atoms with van der Waals surface area (Å²) in [6.45, 7) is 0. The highest BCUT2D eigenvalue weighted by Crippen LogP contribution is 2.22. The van der Waals surface area contributed by atoms with Gasteiger partial charge in [-0.2, -0.15) is 5.26 Å². The minimum absolute atomic E-state index is 0.432. The molecule has 1 aromatic heterocycles. The molecule has 0 aliphatic heterocycles. The van der Waals surface area contributed by atoms with Crippen molar-refractivity contribution in [3.8, 4) is 6.07 Å². The van der Waals surface area contributed by atoms with Gasteiger partial charge in [-0.15, -0.1) is 0 Å². The number of aromatic nitrogens is 1. The fourth-order valence-electron chi connectivity index (χ4n) is 1.50. The quantitative estimate of drug-likeness (QED) is 0.922. The molecule has 1 atom stereocenters. The standard InChI is InChI=1S/C13H9BrClN3/c14-10-5-12(8-17-7-10)18-13(6-16)9-1-3-11(15)4-2-9/h1-5,7-8,13,18H. The lowest BCUT2D eigenvalue weighted by Gasteiger charge is -2.13. The Kier molecular flexibility index (Phi) is 4.19. The van der Waals surface area contributed by atoms with E-state index in [1.54, 1.807) is 24.5 Å². The zero-order valence-corrected chi connectivity index (χ0v) is 11.6. The summed E-state index contributed by atoms with van der Waals surface area (Å²) in [4.78, 5) is 4.04. The summed E-state index contributed by atoms with van der Waals surface area (Å²) in [5, 5.41) is 13.0. The SMILES string of the molecule is N#CC(Nc1cncc(Br)c1)c1ccc(Cl)cc1. The van der Waals surface area contributed by atoms with Crippen LogP contribution in [0.4, 0.5) is 5.69 Å². The van der Waals surface area contributed by atoms with Crippen LogP contribution in [0.1, 0.15) is 11.6 Å². The summed E-state index contributed by atoms with van der Waals surface area (Å²) < 4.78 is 0.861. The predicted octanol–water partition coefficient (Wildman–Crippen LogP) is 4.17. The third-order valence-corrected chi connectivity index (χ3v) is 3.03. The molecule has 0 spiro atoms. The Labute approximate surface area is 119 Å². The number of nitriles is 1. The molecule has 0 aliphatic rings. The number of nitrogens with zero attached hydrogens (tertiary/aromatic N) is 2. The Morgan fingerprint density at radius 3 is 2.61 bits per heavy atom. The van der Waals surface area contributed by atoms with E-state index in [2.05, 4.69) is 32.3 Å². The zero-order chi connectivity index (χ0) is 13.0. The lowest BCUT2D eigenvalue weighted by molar-refractivity contribution is 0.993. The van der Waals surface area contributed by atoms with E-state index in [1.807, 2.05) is 18.2 Å². The minimum atomic E-state index is -0.432. The maximum atomic E-state index is 9.20. The normalized spacial score (nSPS) is 11.6. The van der Waals surface area contributed by atoms with Crippen molar-refractivity contribution in [1.82, 2.24) is 4.98 Å². The monoisotopic (exact) mass is 321 g/mol. The highest BCUT2D eigenvalue weighted by atomic mass is 79.9. The lowest BCUT2D eigenvalue weighted by Crippen LogP contribution is -2.08. The third kappa shape index (κ3) is 3.22. The highest BCUT2D eigenvalue weighted by molar-refractivity contribution is 9.10. The van der Waals surface area contributed by atoms with Crippen molar-refractivity contribution in [2.75, 3.05) is 5.32 Å². The summed E-state index contributed by atoms with van der Waals surface area (Å²) in [5.41, 5.74) is 1.65. The number of nitrogens with one attached hydrogen (secondary N) is 1. The molecular weight excluding hydrogens is 314 g/mol. The Balaban J connectivity index is 2.20. The molecule has 2 aromatic rings. The number of pyridine rings is 1. The Bertz CT molecular complexity index is 578. The van der Waals surface area contributed by atoms with Crippen LogP contribution in [-0.2, 0) is 0 Å². The van der Waals surface area contributed by atoms with Gasteiger partial charge in [-0.25, -0.2) is 0 Å². The number of anilines is 1. The average molecular weight is 323 g/mol. The molecule has 0 fully saturated rings. The van der Waals surface area contributed by atoms with Crippen molar-refractivity contribution >= 4 is 33.2 Å². The molecule has 3 nitrogen and oxygen atoms in total.